The Labute approximate surface area is 194 Å². The zero-order valence-corrected chi connectivity index (χ0v) is 19.9. The number of aryl methyl sites for hydroxylation is 1. The standard InChI is InChI=1S/C24H33N7O2/c1-16-11-20(13-25-24(16)32-4)31-23-21(7-10-33-15-26-23)22(28-31)19-12-27-30(14-19)17(2)18-5-8-29(3)9-6-18/h11-14,17-18,26H,5-10,15H2,1-4H3/t17-/m0/s1. The molecule has 9 heteroatoms. The van der Waals surface area contributed by atoms with Gasteiger partial charge in [-0.3, -0.25) is 4.68 Å². The quantitative estimate of drug-likeness (QED) is 0.637. The molecule has 176 valence electrons. The van der Waals surface area contributed by atoms with Gasteiger partial charge in [-0.2, -0.15) is 10.2 Å². The first-order valence-corrected chi connectivity index (χ1v) is 11.7. The third-order valence-electron chi connectivity index (χ3n) is 7.01. The summed E-state index contributed by atoms with van der Waals surface area (Å²) >= 11 is 0. The van der Waals surface area contributed by atoms with Gasteiger partial charge in [0.25, 0.3) is 0 Å². The van der Waals surface area contributed by atoms with Crippen LogP contribution in [-0.4, -0.2) is 70.0 Å². The van der Waals surface area contributed by atoms with E-state index in [0.717, 1.165) is 53.4 Å². The van der Waals surface area contributed by atoms with Crippen LogP contribution in [-0.2, 0) is 11.2 Å². The average molecular weight is 452 g/mol. The first-order chi connectivity index (χ1) is 16.0. The second-order valence-corrected chi connectivity index (χ2v) is 9.18. The molecule has 3 aromatic rings. The number of aromatic nitrogens is 5. The van der Waals surface area contributed by atoms with E-state index in [-0.39, 0.29) is 0 Å². The van der Waals surface area contributed by atoms with E-state index in [1.54, 1.807) is 13.3 Å². The van der Waals surface area contributed by atoms with Crippen molar-refractivity contribution in [3.63, 3.8) is 0 Å². The average Bonchev–Trinajstić information content (AvgIpc) is 3.37. The molecule has 1 N–H and O–H groups in total. The molecule has 1 saturated heterocycles. The zero-order chi connectivity index (χ0) is 22.9. The summed E-state index contributed by atoms with van der Waals surface area (Å²) in [7, 11) is 3.84. The summed E-state index contributed by atoms with van der Waals surface area (Å²) in [5.74, 6) is 2.22. The molecule has 0 unspecified atom stereocenters. The lowest BCUT2D eigenvalue weighted by Gasteiger charge is -2.32. The van der Waals surface area contributed by atoms with Gasteiger partial charge < -0.3 is 19.7 Å². The first-order valence-electron chi connectivity index (χ1n) is 11.7. The van der Waals surface area contributed by atoms with Crippen LogP contribution in [0, 0.1) is 12.8 Å². The minimum Gasteiger partial charge on any atom is -0.481 e. The van der Waals surface area contributed by atoms with E-state index < -0.39 is 0 Å². The Balaban J connectivity index is 1.49. The number of nitrogens with zero attached hydrogens (tertiary/aromatic N) is 6. The molecule has 0 aliphatic carbocycles. The van der Waals surface area contributed by atoms with Crippen LogP contribution in [0.1, 0.15) is 36.9 Å². The van der Waals surface area contributed by atoms with E-state index in [9.17, 15) is 0 Å². The molecule has 0 amide bonds. The summed E-state index contributed by atoms with van der Waals surface area (Å²) in [6.45, 7) is 7.69. The number of fused-ring (bicyclic) bond motifs is 1. The maximum Gasteiger partial charge on any atom is 0.216 e. The van der Waals surface area contributed by atoms with Crippen molar-refractivity contribution in [2.75, 3.05) is 45.9 Å². The molecule has 5 heterocycles. The summed E-state index contributed by atoms with van der Waals surface area (Å²) in [6.07, 6.45) is 9.10. The molecule has 2 aliphatic rings. The number of anilines is 1. The molecular formula is C24H33N7O2. The largest absolute Gasteiger partial charge is 0.481 e. The topological polar surface area (TPSA) is 82.3 Å². The number of pyridine rings is 1. The van der Waals surface area contributed by atoms with Gasteiger partial charge in [0.2, 0.25) is 5.88 Å². The maximum absolute atomic E-state index is 5.70. The minimum atomic E-state index is 0.364. The van der Waals surface area contributed by atoms with E-state index in [1.807, 2.05) is 23.9 Å². The SMILES string of the molecule is COc1ncc(-n2nc(-c3cnn([C@@H](C)C4CCN(C)CC4)c3)c3c2NCOCC3)cc1C. The van der Waals surface area contributed by atoms with Crippen LogP contribution >= 0.6 is 0 Å². The van der Waals surface area contributed by atoms with Crippen molar-refractivity contribution in [1.82, 2.24) is 29.4 Å². The number of methoxy groups -OCH3 is 1. The molecule has 0 spiro atoms. The highest BCUT2D eigenvalue weighted by Gasteiger charge is 2.26. The molecule has 3 aromatic heterocycles. The molecule has 0 saturated carbocycles. The molecular weight excluding hydrogens is 418 g/mol. The number of piperidine rings is 1. The monoisotopic (exact) mass is 451 g/mol. The molecule has 2 aliphatic heterocycles. The summed E-state index contributed by atoms with van der Waals surface area (Å²) in [5, 5.41) is 13.2. The zero-order valence-electron chi connectivity index (χ0n) is 19.9. The van der Waals surface area contributed by atoms with Crippen molar-refractivity contribution in [2.24, 2.45) is 5.92 Å². The second-order valence-electron chi connectivity index (χ2n) is 9.18. The second kappa shape index (κ2) is 9.15. The predicted molar refractivity (Wildman–Crippen MR) is 127 cm³/mol. The summed E-state index contributed by atoms with van der Waals surface area (Å²) in [5.41, 5.74) is 4.97. The lowest BCUT2D eigenvalue weighted by molar-refractivity contribution is 0.159. The lowest BCUT2D eigenvalue weighted by Crippen LogP contribution is -2.33. The first kappa shape index (κ1) is 21.9. The van der Waals surface area contributed by atoms with Crippen molar-refractivity contribution in [3.05, 3.63) is 35.8 Å². The third-order valence-corrected chi connectivity index (χ3v) is 7.01. The van der Waals surface area contributed by atoms with Gasteiger partial charge in [0, 0.05) is 29.3 Å². The van der Waals surface area contributed by atoms with Crippen molar-refractivity contribution >= 4 is 5.82 Å². The van der Waals surface area contributed by atoms with E-state index in [0.29, 0.717) is 31.2 Å². The minimum absolute atomic E-state index is 0.364. The third kappa shape index (κ3) is 4.22. The molecule has 5 rings (SSSR count). The molecule has 0 radical (unpaired) electrons. The van der Waals surface area contributed by atoms with Crippen molar-refractivity contribution in [1.29, 1.82) is 0 Å². The van der Waals surface area contributed by atoms with E-state index in [4.69, 9.17) is 19.7 Å². The number of hydrogen-bond acceptors (Lipinski definition) is 7. The predicted octanol–water partition coefficient (Wildman–Crippen LogP) is 3.29. The number of hydrogen-bond donors (Lipinski definition) is 1. The Kier molecular flexibility index (Phi) is 6.07. The Bertz CT molecular complexity index is 1110. The Morgan fingerprint density at radius 1 is 1.24 bits per heavy atom. The van der Waals surface area contributed by atoms with Crippen LogP contribution < -0.4 is 10.1 Å². The number of ether oxygens (including phenoxy) is 2. The number of likely N-dealkylation sites (tertiary alicyclic amines) is 1. The van der Waals surface area contributed by atoms with Crippen molar-refractivity contribution < 1.29 is 9.47 Å². The van der Waals surface area contributed by atoms with Crippen LogP contribution in [0.25, 0.3) is 16.9 Å². The highest BCUT2D eigenvalue weighted by molar-refractivity contribution is 5.70. The highest BCUT2D eigenvalue weighted by Crippen LogP contribution is 2.34. The van der Waals surface area contributed by atoms with Gasteiger partial charge in [-0.05, 0) is 58.8 Å². The normalized spacial score (nSPS) is 18.4. The van der Waals surface area contributed by atoms with Gasteiger partial charge >= 0.3 is 0 Å². The molecule has 0 bridgehead atoms. The Morgan fingerprint density at radius 2 is 2.06 bits per heavy atom. The molecule has 0 aromatic carbocycles. The fourth-order valence-corrected chi connectivity index (χ4v) is 4.94. The number of rotatable bonds is 5. The van der Waals surface area contributed by atoms with Gasteiger partial charge in [0.1, 0.15) is 18.2 Å². The number of nitrogens with one attached hydrogen (secondary N) is 1. The van der Waals surface area contributed by atoms with Gasteiger partial charge in [-0.1, -0.05) is 0 Å². The lowest BCUT2D eigenvalue weighted by atomic mass is 9.91. The fourth-order valence-electron chi connectivity index (χ4n) is 4.94. The van der Waals surface area contributed by atoms with Gasteiger partial charge in [0.15, 0.2) is 0 Å². The van der Waals surface area contributed by atoms with E-state index in [1.165, 1.54) is 12.8 Å². The van der Waals surface area contributed by atoms with Crippen LogP contribution in [0.2, 0.25) is 0 Å². The van der Waals surface area contributed by atoms with Gasteiger partial charge in [0.05, 0.1) is 37.8 Å². The summed E-state index contributed by atoms with van der Waals surface area (Å²) in [6, 6.07) is 2.41. The van der Waals surface area contributed by atoms with Crippen LogP contribution in [0.3, 0.4) is 0 Å². The van der Waals surface area contributed by atoms with Crippen molar-refractivity contribution in [2.45, 2.75) is 39.2 Å². The molecule has 1 atom stereocenters. The van der Waals surface area contributed by atoms with Gasteiger partial charge in [-0.25, -0.2) is 9.67 Å². The smallest absolute Gasteiger partial charge is 0.216 e. The fraction of sp³-hybridized carbons (Fsp3) is 0.542. The molecule has 9 nitrogen and oxygen atoms in total. The van der Waals surface area contributed by atoms with Gasteiger partial charge in [-0.15, -0.1) is 0 Å². The van der Waals surface area contributed by atoms with Crippen LogP contribution in [0.5, 0.6) is 5.88 Å². The van der Waals surface area contributed by atoms with Crippen LogP contribution in [0.15, 0.2) is 24.7 Å². The summed E-state index contributed by atoms with van der Waals surface area (Å²) < 4.78 is 15.1. The highest BCUT2D eigenvalue weighted by atomic mass is 16.5. The Morgan fingerprint density at radius 3 is 2.82 bits per heavy atom. The molecule has 1 fully saturated rings. The molecule has 33 heavy (non-hydrogen) atoms. The van der Waals surface area contributed by atoms with E-state index >= 15 is 0 Å². The van der Waals surface area contributed by atoms with E-state index in [2.05, 4.69) is 40.1 Å². The summed E-state index contributed by atoms with van der Waals surface area (Å²) in [4.78, 5) is 6.86. The maximum atomic E-state index is 5.70. The Hall–Kier alpha value is -2.91. The van der Waals surface area contributed by atoms with Crippen molar-refractivity contribution in [3.8, 4) is 22.8 Å². The van der Waals surface area contributed by atoms with Crippen LogP contribution in [0.4, 0.5) is 5.82 Å².